The minimum atomic E-state index is 1.17. The van der Waals surface area contributed by atoms with E-state index in [1.807, 2.05) is 0 Å². The van der Waals surface area contributed by atoms with E-state index < -0.39 is 0 Å². The molecule has 0 aliphatic rings. The molecule has 0 fully saturated rings. The van der Waals surface area contributed by atoms with Crippen molar-refractivity contribution in [1.29, 1.82) is 0 Å². The third kappa shape index (κ3) is 1.86. The fourth-order valence-corrected chi connectivity index (χ4v) is 4.38. The van der Waals surface area contributed by atoms with Crippen molar-refractivity contribution in [3.8, 4) is 0 Å². The monoisotopic (exact) mass is 316 g/mol. The first-order chi connectivity index (χ1) is 11.1. The standard InChI is InChI=1S/C24H28/c1-11-12(2)16(6)22-20(10)24-18(8)14(4)13(3)17(7)23(24)19(9)21(22)15(11)5/h9-10H2,1-8H3. The SMILES string of the molecule is C=c1c2c(C)c(C)c(C)c(C)c2c(=C)c2c(C)c(C)c(C)c(C)c12. The molecule has 0 unspecified atom stereocenters. The second kappa shape index (κ2) is 5.21. The summed E-state index contributed by atoms with van der Waals surface area (Å²) < 4.78 is 0. The molecular weight excluding hydrogens is 288 g/mol. The summed E-state index contributed by atoms with van der Waals surface area (Å²) in [5.74, 6) is 0. The molecule has 0 nitrogen and oxygen atoms in total. The molecular formula is C24H28. The zero-order valence-corrected chi connectivity index (χ0v) is 16.4. The van der Waals surface area contributed by atoms with E-state index in [1.54, 1.807) is 0 Å². The van der Waals surface area contributed by atoms with Crippen LogP contribution in [0.3, 0.4) is 0 Å². The molecule has 124 valence electrons. The van der Waals surface area contributed by atoms with Crippen molar-refractivity contribution in [2.75, 3.05) is 0 Å². The van der Waals surface area contributed by atoms with Crippen molar-refractivity contribution >= 4 is 34.7 Å². The van der Waals surface area contributed by atoms with E-state index in [-0.39, 0.29) is 0 Å². The van der Waals surface area contributed by atoms with Gasteiger partial charge in [-0.05, 0) is 132 Å². The van der Waals surface area contributed by atoms with E-state index in [9.17, 15) is 0 Å². The van der Waals surface area contributed by atoms with E-state index in [1.165, 1.54) is 76.5 Å². The quantitative estimate of drug-likeness (QED) is 0.495. The Labute approximate surface area is 145 Å². The van der Waals surface area contributed by atoms with Crippen LogP contribution in [0.5, 0.6) is 0 Å². The van der Waals surface area contributed by atoms with Gasteiger partial charge in [0.05, 0.1) is 0 Å². The first-order valence-corrected chi connectivity index (χ1v) is 8.71. The number of hydrogen-bond donors (Lipinski definition) is 0. The lowest BCUT2D eigenvalue weighted by molar-refractivity contribution is 1.23. The van der Waals surface area contributed by atoms with E-state index in [0.29, 0.717) is 0 Å². The summed E-state index contributed by atoms with van der Waals surface area (Å²) in [4.78, 5) is 0. The Morgan fingerprint density at radius 1 is 0.333 bits per heavy atom. The summed E-state index contributed by atoms with van der Waals surface area (Å²) in [6.45, 7) is 26.9. The van der Waals surface area contributed by atoms with Crippen LogP contribution in [-0.2, 0) is 0 Å². The molecule has 3 aromatic rings. The van der Waals surface area contributed by atoms with Crippen LogP contribution in [-0.4, -0.2) is 0 Å². The van der Waals surface area contributed by atoms with Crippen LogP contribution in [0.2, 0.25) is 0 Å². The molecule has 0 amide bonds. The maximum Gasteiger partial charge on any atom is -0.00702 e. The molecule has 0 spiro atoms. The van der Waals surface area contributed by atoms with Crippen molar-refractivity contribution in [2.45, 2.75) is 55.4 Å². The lowest BCUT2D eigenvalue weighted by Gasteiger charge is -2.20. The molecule has 0 radical (unpaired) electrons. The van der Waals surface area contributed by atoms with Gasteiger partial charge in [0.1, 0.15) is 0 Å². The van der Waals surface area contributed by atoms with E-state index in [2.05, 4.69) is 68.5 Å². The summed E-state index contributed by atoms with van der Waals surface area (Å²) in [5.41, 5.74) is 10.9. The predicted octanol–water partition coefficient (Wildman–Crippen LogP) is 5.28. The number of fused-ring (bicyclic) bond motifs is 2. The summed E-state index contributed by atoms with van der Waals surface area (Å²) in [7, 11) is 0. The normalized spacial score (nSPS) is 11.7. The second-order valence-corrected chi connectivity index (χ2v) is 7.46. The third-order valence-electron chi connectivity index (χ3n) is 6.58. The van der Waals surface area contributed by atoms with E-state index in [4.69, 9.17) is 0 Å². The minimum absolute atomic E-state index is 1.17. The van der Waals surface area contributed by atoms with Crippen LogP contribution < -0.4 is 10.4 Å². The molecule has 0 saturated heterocycles. The molecule has 0 aromatic heterocycles. The molecule has 0 saturated carbocycles. The van der Waals surface area contributed by atoms with Crippen molar-refractivity contribution in [2.24, 2.45) is 0 Å². The summed E-state index contributed by atoms with van der Waals surface area (Å²) in [6, 6.07) is 0. The first kappa shape index (κ1) is 16.8. The van der Waals surface area contributed by atoms with E-state index >= 15 is 0 Å². The van der Waals surface area contributed by atoms with Gasteiger partial charge in [-0.2, -0.15) is 0 Å². The highest BCUT2D eigenvalue weighted by Gasteiger charge is 2.17. The molecule has 0 N–H and O–H groups in total. The molecule has 3 rings (SSSR count). The van der Waals surface area contributed by atoms with Crippen LogP contribution in [0.15, 0.2) is 0 Å². The second-order valence-electron chi connectivity index (χ2n) is 7.46. The van der Waals surface area contributed by atoms with Crippen molar-refractivity contribution in [1.82, 2.24) is 0 Å². The smallest absolute Gasteiger partial charge is 0.00702 e. The summed E-state index contributed by atoms with van der Waals surface area (Å²) >= 11 is 0. The van der Waals surface area contributed by atoms with Gasteiger partial charge in [0.15, 0.2) is 0 Å². The number of aryl methyl sites for hydroxylation is 4. The molecule has 0 aliphatic carbocycles. The zero-order chi connectivity index (χ0) is 18.1. The van der Waals surface area contributed by atoms with Crippen molar-refractivity contribution in [3.63, 3.8) is 0 Å². The Hall–Kier alpha value is -2.08. The van der Waals surface area contributed by atoms with Crippen LogP contribution in [0.4, 0.5) is 0 Å². The van der Waals surface area contributed by atoms with Crippen LogP contribution in [0.25, 0.3) is 34.7 Å². The Morgan fingerprint density at radius 3 is 0.667 bits per heavy atom. The van der Waals surface area contributed by atoms with Gasteiger partial charge in [-0.15, -0.1) is 0 Å². The molecule has 24 heavy (non-hydrogen) atoms. The van der Waals surface area contributed by atoms with Gasteiger partial charge >= 0.3 is 0 Å². The maximum atomic E-state index is 4.54. The Bertz CT molecular complexity index is 963. The molecule has 0 atom stereocenters. The van der Waals surface area contributed by atoms with Gasteiger partial charge < -0.3 is 0 Å². The van der Waals surface area contributed by atoms with E-state index in [0.717, 1.165) is 0 Å². The average molecular weight is 316 g/mol. The summed E-state index contributed by atoms with van der Waals surface area (Å²) in [5, 5.41) is 7.55. The fraction of sp³-hybridized carbons (Fsp3) is 0.333. The lowest BCUT2D eigenvalue weighted by Crippen LogP contribution is -2.19. The lowest BCUT2D eigenvalue weighted by atomic mass is 9.83. The predicted molar refractivity (Wildman–Crippen MR) is 110 cm³/mol. The average Bonchev–Trinajstić information content (AvgIpc) is 2.55. The summed E-state index contributed by atoms with van der Waals surface area (Å²) in [6.07, 6.45) is 0. The Morgan fingerprint density at radius 2 is 0.500 bits per heavy atom. The highest BCUT2D eigenvalue weighted by atomic mass is 14.2. The van der Waals surface area contributed by atoms with Gasteiger partial charge in [0.2, 0.25) is 0 Å². The highest BCUT2D eigenvalue weighted by molar-refractivity contribution is 6.05. The van der Waals surface area contributed by atoms with Crippen LogP contribution in [0.1, 0.15) is 44.5 Å². The number of hydrogen-bond acceptors (Lipinski definition) is 0. The van der Waals surface area contributed by atoms with Gasteiger partial charge in [0.25, 0.3) is 0 Å². The minimum Gasteiger partial charge on any atom is -0.0905 e. The van der Waals surface area contributed by atoms with Gasteiger partial charge in [-0.3, -0.25) is 0 Å². The molecule has 0 heterocycles. The van der Waals surface area contributed by atoms with Crippen molar-refractivity contribution < 1.29 is 0 Å². The molecule has 3 aromatic carbocycles. The fourth-order valence-electron chi connectivity index (χ4n) is 4.38. The number of rotatable bonds is 0. The van der Waals surface area contributed by atoms with Crippen molar-refractivity contribution in [3.05, 3.63) is 54.9 Å². The molecule has 0 heteroatoms. The van der Waals surface area contributed by atoms with Gasteiger partial charge in [-0.1, -0.05) is 13.2 Å². The highest BCUT2D eigenvalue weighted by Crippen LogP contribution is 2.30. The van der Waals surface area contributed by atoms with Crippen LogP contribution >= 0.6 is 0 Å². The van der Waals surface area contributed by atoms with Gasteiger partial charge in [-0.25, -0.2) is 0 Å². The third-order valence-corrected chi connectivity index (χ3v) is 6.58. The first-order valence-electron chi connectivity index (χ1n) is 8.71. The van der Waals surface area contributed by atoms with Crippen LogP contribution in [0, 0.1) is 55.4 Å². The Balaban J connectivity index is 2.89. The molecule has 0 aliphatic heterocycles. The zero-order valence-electron chi connectivity index (χ0n) is 16.4. The van der Waals surface area contributed by atoms with Gasteiger partial charge in [0, 0.05) is 0 Å². The largest absolute Gasteiger partial charge is 0.0905 e. The molecule has 0 bridgehead atoms. The maximum absolute atomic E-state index is 4.54. The topological polar surface area (TPSA) is 0 Å². The number of benzene rings is 3. The Kier molecular flexibility index (Phi) is 3.64.